The molecule has 1 amide bonds. The van der Waals surface area contributed by atoms with E-state index in [2.05, 4.69) is 10.0 Å². The number of carboxylic acids is 1. The minimum absolute atomic E-state index is 0.120. The lowest BCUT2D eigenvalue weighted by atomic mass is 9.96. The fourth-order valence-corrected chi connectivity index (χ4v) is 6.53. The van der Waals surface area contributed by atoms with Gasteiger partial charge in [0, 0.05) is 12.5 Å². The molecule has 5 rings (SSSR count). The lowest BCUT2D eigenvalue weighted by molar-refractivity contribution is -0.140. The van der Waals surface area contributed by atoms with E-state index in [1.54, 1.807) is 44.2 Å². The van der Waals surface area contributed by atoms with Gasteiger partial charge in [0.05, 0.1) is 5.39 Å². The van der Waals surface area contributed by atoms with Crippen LogP contribution >= 0.6 is 0 Å². The molecule has 3 N–H and O–H groups in total. The van der Waals surface area contributed by atoms with Crippen LogP contribution in [0.4, 0.5) is 0 Å². The number of fused-ring (bicyclic) bond motifs is 1. The van der Waals surface area contributed by atoms with Crippen LogP contribution in [0.1, 0.15) is 41.9 Å². The quantitative estimate of drug-likeness (QED) is 0.207. The van der Waals surface area contributed by atoms with Gasteiger partial charge in [-0.05, 0) is 40.8 Å². The molecule has 1 aromatic heterocycles. The van der Waals surface area contributed by atoms with Crippen molar-refractivity contribution in [2.24, 2.45) is 5.92 Å². The fraction of sp³-hybridized carbons (Fsp3) is 0.212. The number of benzene rings is 3. The number of amides is 1. The van der Waals surface area contributed by atoms with Crippen molar-refractivity contribution in [1.82, 2.24) is 10.0 Å². The van der Waals surface area contributed by atoms with Crippen LogP contribution in [0.15, 0.2) is 108 Å². The molecule has 2 atom stereocenters. The Morgan fingerprint density at radius 3 is 2.33 bits per heavy atom. The lowest BCUT2D eigenvalue weighted by Crippen LogP contribution is -2.60. The minimum Gasteiger partial charge on any atom is -0.488 e. The maximum absolute atomic E-state index is 13.9. The van der Waals surface area contributed by atoms with Gasteiger partial charge in [-0.25, -0.2) is 8.42 Å². The number of furan rings is 1. The van der Waals surface area contributed by atoms with Gasteiger partial charge in [0.25, 0.3) is 5.91 Å². The van der Waals surface area contributed by atoms with Crippen LogP contribution in [0.3, 0.4) is 0 Å². The Morgan fingerprint density at radius 2 is 1.70 bits per heavy atom. The van der Waals surface area contributed by atoms with Crippen LogP contribution in [0.25, 0.3) is 16.5 Å². The molecule has 0 bridgehead atoms. The SMILES string of the molecule is CC(C)[C@H](NS(=O)(=O)C1(NC(=O)c2cc3c(OCc4ccccc4)cccc3o2)C=CC(c2ccccc2)=CC1)C(=O)O. The number of hydrogen-bond donors (Lipinski definition) is 3. The van der Waals surface area contributed by atoms with E-state index in [0.29, 0.717) is 23.3 Å². The number of hydrogen-bond acceptors (Lipinski definition) is 6. The third-order valence-corrected chi connectivity index (χ3v) is 9.19. The highest BCUT2D eigenvalue weighted by atomic mass is 32.2. The topological polar surface area (TPSA) is 135 Å². The number of aliphatic carboxylic acids is 1. The summed E-state index contributed by atoms with van der Waals surface area (Å²) in [6, 6.07) is 24.3. The van der Waals surface area contributed by atoms with Crippen LogP contribution in [0.2, 0.25) is 0 Å². The van der Waals surface area contributed by atoms with E-state index in [1.807, 2.05) is 60.7 Å². The first-order valence-electron chi connectivity index (χ1n) is 13.8. The van der Waals surface area contributed by atoms with Crippen LogP contribution in [-0.2, 0) is 21.4 Å². The Labute approximate surface area is 249 Å². The minimum atomic E-state index is -4.48. The summed E-state index contributed by atoms with van der Waals surface area (Å²) in [4.78, 5) is 23.5. The summed E-state index contributed by atoms with van der Waals surface area (Å²) in [6.07, 6.45) is 4.54. The number of ether oxygens (including phenoxy) is 1. The number of carboxylic acid groups (broad SMARTS) is 1. The summed E-state index contributed by atoms with van der Waals surface area (Å²) < 4.78 is 41.9. The molecule has 0 fully saturated rings. The monoisotopic (exact) mass is 600 g/mol. The summed E-state index contributed by atoms with van der Waals surface area (Å²) in [7, 11) is -4.48. The first-order valence-corrected chi connectivity index (χ1v) is 15.3. The van der Waals surface area contributed by atoms with Crippen molar-refractivity contribution in [3.05, 3.63) is 120 Å². The first kappa shape index (κ1) is 29.8. The molecule has 3 aromatic carbocycles. The van der Waals surface area contributed by atoms with Gasteiger partial charge >= 0.3 is 5.97 Å². The molecule has 4 aromatic rings. The molecule has 1 aliphatic rings. The molecule has 0 saturated carbocycles. The Balaban J connectivity index is 1.45. The van der Waals surface area contributed by atoms with Gasteiger partial charge in [-0.1, -0.05) is 92.7 Å². The molecular formula is C33H32N2O7S. The van der Waals surface area contributed by atoms with Gasteiger partial charge in [-0.2, -0.15) is 4.72 Å². The second kappa shape index (κ2) is 12.3. The second-order valence-electron chi connectivity index (χ2n) is 10.6. The van der Waals surface area contributed by atoms with Crippen molar-refractivity contribution >= 4 is 38.4 Å². The molecular weight excluding hydrogens is 568 g/mol. The van der Waals surface area contributed by atoms with Crippen molar-refractivity contribution in [1.29, 1.82) is 0 Å². The molecule has 1 aliphatic carbocycles. The summed E-state index contributed by atoms with van der Waals surface area (Å²) in [5, 5.41) is 12.9. The van der Waals surface area contributed by atoms with Crippen LogP contribution < -0.4 is 14.8 Å². The number of carbonyl (C=O) groups is 2. The van der Waals surface area contributed by atoms with E-state index >= 15 is 0 Å². The highest BCUT2D eigenvalue weighted by Crippen LogP contribution is 2.33. The zero-order valence-electron chi connectivity index (χ0n) is 23.7. The fourth-order valence-electron chi connectivity index (χ4n) is 4.83. The maximum Gasteiger partial charge on any atom is 0.321 e. The normalized spacial score (nSPS) is 17.4. The smallest absolute Gasteiger partial charge is 0.321 e. The van der Waals surface area contributed by atoms with Gasteiger partial charge in [0.15, 0.2) is 10.6 Å². The van der Waals surface area contributed by atoms with E-state index in [-0.39, 0.29) is 12.2 Å². The molecule has 9 nitrogen and oxygen atoms in total. The predicted molar refractivity (Wildman–Crippen MR) is 164 cm³/mol. The van der Waals surface area contributed by atoms with Crippen LogP contribution in [0, 0.1) is 5.92 Å². The summed E-state index contributed by atoms with van der Waals surface area (Å²) >= 11 is 0. The number of allylic oxidation sites excluding steroid dienone is 2. The van der Waals surface area contributed by atoms with Gasteiger partial charge in [-0.3, -0.25) is 9.59 Å². The lowest BCUT2D eigenvalue weighted by Gasteiger charge is -2.34. The second-order valence-corrected chi connectivity index (χ2v) is 12.6. The average molecular weight is 601 g/mol. The van der Waals surface area contributed by atoms with Gasteiger partial charge in [0.1, 0.15) is 24.0 Å². The number of nitrogens with one attached hydrogen (secondary N) is 2. The van der Waals surface area contributed by atoms with E-state index in [9.17, 15) is 23.1 Å². The molecule has 0 aliphatic heterocycles. The Bertz CT molecular complexity index is 1790. The Morgan fingerprint density at radius 1 is 1.00 bits per heavy atom. The number of carbonyl (C=O) groups excluding carboxylic acids is 1. The highest BCUT2D eigenvalue weighted by molar-refractivity contribution is 7.91. The zero-order valence-corrected chi connectivity index (χ0v) is 24.5. The van der Waals surface area contributed by atoms with E-state index in [4.69, 9.17) is 9.15 Å². The average Bonchev–Trinajstić information content (AvgIpc) is 3.45. The van der Waals surface area contributed by atoms with Crippen molar-refractivity contribution in [2.75, 3.05) is 0 Å². The summed E-state index contributed by atoms with van der Waals surface area (Å²) in [6.45, 7) is 3.51. The molecule has 10 heteroatoms. The molecule has 0 saturated heterocycles. The maximum atomic E-state index is 13.9. The van der Waals surface area contributed by atoms with Crippen molar-refractivity contribution < 1.29 is 32.3 Å². The van der Waals surface area contributed by atoms with Crippen LogP contribution in [-0.4, -0.2) is 36.3 Å². The number of rotatable bonds is 11. The van der Waals surface area contributed by atoms with Crippen molar-refractivity contribution in [3.8, 4) is 5.75 Å². The third-order valence-electron chi connectivity index (χ3n) is 7.27. The van der Waals surface area contributed by atoms with Crippen molar-refractivity contribution in [3.63, 3.8) is 0 Å². The van der Waals surface area contributed by atoms with Gasteiger partial charge in [0.2, 0.25) is 10.0 Å². The van der Waals surface area contributed by atoms with E-state index in [1.165, 1.54) is 12.1 Å². The largest absolute Gasteiger partial charge is 0.488 e. The molecule has 0 spiro atoms. The van der Waals surface area contributed by atoms with E-state index in [0.717, 1.165) is 16.7 Å². The predicted octanol–water partition coefficient (Wildman–Crippen LogP) is 5.51. The van der Waals surface area contributed by atoms with Crippen LogP contribution in [0.5, 0.6) is 5.75 Å². The first-order chi connectivity index (χ1) is 20.6. The van der Waals surface area contributed by atoms with Crippen molar-refractivity contribution in [2.45, 2.75) is 37.8 Å². The molecule has 222 valence electrons. The van der Waals surface area contributed by atoms with Gasteiger partial charge < -0.3 is 19.6 Å². The molecule has 1 heterocycles. The Kier molecular flexibility index (Phi) is 8.52. The van der Waals surface area contributed by atoms with Gasteiger partial charge in [-0.15, -0.1) is 0 Å². The third kappa shape index (κ3) is 6.40. The molecule has 0 radical (unpaired) electrons. The summed E-state index contributed by atoms with van der Waals surface area (Å²) in [5.74, 6) is -2.27. The zero-order chi connectivity index (χ0) is 30.6. The molecule has 1 unspecified atom stereocenters. The number of sulfonamides is 1. The summed E-state index contributed by atoms with van der Waals surface area (Å²) in [5.41, 5.74) is 2.99. The molecule has 43 heavy (non-hydrogen) atoms. The van der Waals surface area contributed by atoms with E-state index < -0.39 is 38.7 Å². The standard InChI is InChI=1S/C33H32N2O7S/c1-22(2)30(32(37)38)35-43(39,40)33(18-16-25(17-19-33)24-12-7-4-8-13-24)34-31(36)29-20-26-27(14-9-15-28(26)42-29)41-21-23-10-5-3-6-11-23/h3-18,20,22,30,35H,19,21H2,1-2H3,(H,34,36)(H,37,38)/t30-,33?/m0/s1. The Hall–Kier alpha value is -4.67. The highest BCUT2D eigenvalue weighted by Gasteiger charge is 2.46.